The number of amides is 1. The van der Waals surface area contributed by atoms with E-state index in [0.29, 0.717) is 31.0 Å². The molecule has 8 heteroatoms. The monoisotopic (exact) mass is 447 g/mol. The first-order valence-electron chi connectivity index (χ1n) is 10.7. The Morgan fingerprint density at radius 1 is 1.06 bits per heavy atom. The number of aryl methyl sites for hydroxylation is 1. The summed E-state index contributed by atoms with van der Waals surface area (Å²) in [7, 11) is 0. The molecule has 1 aromatic carbocycles. The van der Waals surface area contributed by atoms with Crippen LogP contribution >= 0.6 is 11.3 Å². The van der Waals surface area contributed by atoms with E-state index in [9.17, 15) is 4.79 Å². The van der Waals surface area contributed by atoms with Gasteiger partial charge in [-0.05, 0) is 37.3 Å². The van der Waals surface area contributed by atoms with Crippen LogP contribution in [0.15, 0.2) is 60.2 Å². The van der Waals surface area contributed by atoms with Crippen LogP contribution in [0.2, 0.25) is 0 Å². The van der Waals surface area contributed by atoms with Crippen LogP contribution in [0, 0.1) is 6.92 Å². The average Bonchev–Trinajstić information content (AvgIpc) is 3.43. The molecule has 0 radical (unpaired) electrons. The van der Waals surface area contributed by atoms with Crippen molar-refractivity contribution in [2.75, 3.05) is 26.2 Å². The van der Waals surface area contributed by atoms with Crippen molar-refractivity contribution in [3.63, 3.8) is 0 Å². The van der Waals surface area contributed by atoms with Crippen molar-refractivity contribution in [3.05, 3.63) is 82.2 Å². The normalized spacial score (nSPS) is 14.7. The molecule has 5 rings (SSSR count). The predicted molar refractivity (Wildman–Crippen MR) is 124 cm³/mol. The molecule has 4 aromatic rings. The van der Waals surface area contributed by atoms with E-state index in [-0.39, 0.29) is 5.91 Å². The van der Waals surface area contributed by atoms with Crippen LogP contribution in [0.25, 0.3) is 5.65 Å². The maximum Gasteiger partial charge on any atom is 0.254 e. The van der Waals surface area contributed by atoms with Gasteiger partial charge in [-0.3, -0.25) is 9.69 Å². The van der Waals surface area contributed by atoms with E-state index in [1.54, 1.807) is 11.3 Å². The first kappa shape index (κ1) is 20.7. The molecule has 1 saturated heterocycles. The molecule has 0 unspecified atom stereocenters. The van der Waals surface area contributed by atoms with Gasteiger partial charge in [0, 0.05) is 56.1 Å². The first-order valence-corrected chi connectivity index (χ1v) is 11.6. The molecule has 0 aliphatic carbocycles. The Morgan fingerprint density at radius 3 is 2.72 bits per heavy atom. The van der Waals surface area contributed by atoms with Gasteiger partial charge in [0.2, 0.25) is 0 Å². The summed E-state index contributed by atoms with van der Waals surface area (Å²) in [6.07, 6.45) is 4.09. The average molecular weight is 448 g/mol. The zero-order valence-electron chi connectivity index (χ0n) is 18.0. The van der Waals surface area contributed by atoms with Crippen molar-refractivity contribution in [2.45, 2.75) is 20.1 Å². The van der Waals surface area contributed by atoms with E-state index < -0.39 is 0 Å². The second-order valence-corrected chi connectivity index (χ2v) is 9.00. The molecule has 1 aliphatic rings. The smallest absolute Gasteiger partial charge is 0.254 e. The number of ether oxygens (including phenoxy) is 1. The van der Waals surface area contributed by atoms with E-state index in [4.69, 9.17) is 4.74 Å². The third-order valence-corrected chi connectivity index (χ3v) is 6.42. The number of hydrogen-bond donors (Lipinski definition) is 0. The van der Waals surface area contributed by atoms with Crippen molar-refractivity contribution in [2.24, 2.45) is 0 Å². The maximum absolute atomic E-state index is 13.0. The molecule has 0 bridgehead atoms. The van der Waals surface area contributed by atoms with Crippen LogP contribution in [0.4, 0.5) is 0 Å². The molecule has 1 aliphatic heterocycles. The lowest BCUT2D eigenvalue weighted by molar-refractivity contribution is 0.0626. The highest BCUT2D eigenvalue weighted by Crippen LogP contribution is 2.19. The minimum atomic E-state index is 0.0485. The van der Waals surface area contributed by atoms with Crippen LogP contribution in [0.3, 0.4) is 0 Å². The fourth-order valence-electron chi connectivity index (χ4n) is 3.93. The van der Waals surface area contributed by atoms with Gasteiger partial charge in [0.1, 0.15) is 18.0 Å². The number of rotatable bonds is 6. The van der Waals surface area contributed by atoms with Gasteiger partial charge in [0.05, 0.1) is 16.4 Å². The minimum Gasteiger partial charge on any atom is -0.487 e. The van der Waals surface area contributed by atoms with Crippen molar-refractivity contribution >= 4 is 22.9 Å². The van der Waals surface area contributed by atoms with Crippen molar-refractivity contribution in [3.8, 4) is 5.75 Å². The summed E-state index contributed by atoms with van der Waals surface area (Å²) in [5.41, 5.74) is 3.58. The van der Waals surface area contributed by atoms with E-state index in [1.807, 2.05) is 70.3 Å². The molecule has 1 amide bonds. The zero-order chi connectivity index (χ0) is 21.9. The summed E-state index contributed by atoms with van der Waals surface area (Å²) in [6, 6.07) is 13.4. The van der Waals surface area contributed by atoms with E-state index in [0.717, 1.165) is 41.7 Å². The van der Waals surface area contributed by atoms with E-state index in [1.165, 1.54) is 0 Å². The van der Waals surface area contributed by atoms with Gasteiger partial charge in [-0.25, -0.2) is 9.97 Å². The molecule has 1 fully saturated rings. The van der Waals surface area contributed by atoms with Gasteiger partial charge < -0.3 is 14.0 Å². The highest BCUT2D eigenvalue weighted by atomic mass is 32.1. The Balaban J connectivity index is 1.16. The second kappa shape index (κ2) is 9.10. The molecule has 0 N–H and O–H groups in total. The number of thiazole rings is 1. The van der Waals surface area contributed by atoms with Gasteiger partial charge in [0.25, 0.3) is 5.91 Å². The molecule has 3 aromatic heterocycles. The van der Waals surface area contributed by atoms with Gasteiger partial charge in [-0.2, -0.15) is 0 Å². The number of carbonyl (C=O) groups is 1. The van der Waals surface area contributed by atoms with Crippen molar-refractivity contribution in [1.29, 1.82) is 0 Å². The maximum atomic E-state index is 13.0. The Bertz CT molecular complexity index is 1190. The minimum absolute atomic E-state index is 0.0485. The van der Waals surface area contributed by atoms with Gasteiger partial charge in [0.15, 0.2) is 0 Å². The standard InChI is InChI=1S/C24H25N5O2S/c1-18-25-21(17-32-18)16-31-22-6-4-5-19(13-22)24(30)28-11-9-27(10-12-28)14-20-15-29-8-3-2-7-23(29)26-20/h2-8,13,15,17H,9-12,14,16H2,1H3. The van der Waals surface area contributed by atoms with E-state index >= 15 is 0 Å². The Kier molecular flexibility index (Phi) is 5.87. The second-order valence-electron chi connectivity index (χ2n) is 7.94. The van der Waals surface area contributed by atoms with Gasteiger partial charge in [-0.15, -0.1) is 11.3 Å². The summed E-state index contributed by atoms with van der Waals surface area (Å²) >= 11 is 1.61. The molecule has 0 saturated carbocycles. The molecule has 7 nitrogen and oxygen atoms in total. The number of hydrogen-bond acceptors (Lipinski definition) is 6. The summed E-state index contributed by atoms with van der Waals surface area (Å²) in [4.78, 5) is 26.4. The first-order chi connectivity index (χ1) is 15.6. The summed E-state index contributed by atoms with van der Waals surface area (Å²) < 4.78 is 7.89. The Hall–Kier alpha value is -3.23. The van der Waals surface area contributed by atoms with Crippen LogP contribution in [-0.2, 0) is 13.2 Å². The highest BCUT2D eigenvalue weighted by molar-refractivity contribution is 7.09. The highest BCUT2D eigenvalue weighted by Gasteiger charge is 2.23. The number of aromatic nitrogens is 3. The Labute approximate surface area is 190 Å². The summed E-state index contributed by atoms with van der Waals surface area (Å²) in [6.45, 7) is 6.25. The lowest BCUT2D eigenvalue weighted by Gasteiger charge is -2.34. The van der Waals surface area contributed by atoms with Crippen molar-refractivity contribution < 1.29 is 9.53 Å². The SMILES string of the molecule is Cc1nc(COc2cccc(C(=O)N3CCN(Cc4cn5ccccc5n4)CC3)c2)cs1. The molecule has 32 heavy (non-hydrogen) atoms. The molecule has 164 valence electrons. The molecular formula is C24H25N5O2S. The number of fused-ring (bicyclic) bond motifs is 1. The number of nitrogens with zero attached hydrogens (tertiary/aromatic N) is 5. The summed E-state index contributed by atoms with van der Waals surface area (Å²) in [5.74, 6) is 0.735. The van der Waals surface area contributed by atoms with Crippen LogP contribution in [-0.4, -0.2) is 56.3 Å². The fourth-order valence-corrected chi connectivity index (χ4v) is 4.53. The summed E-state index contributed by atoms with van der Waals surface area (Å²) in [5, 5.41) is 3.02. The predicted octanol–water partition coefficient (Wildman–Crippen LogP) is 3.64. The van der Waals surface area contributed by atoms with Crippen LogP contribution in [0.5, 0.6) is 5.75 Å². The third kappa shape index (κ3) is 4.66. The van der Waals surface area contributed by atoms with Crippen LogP contribution in [0.1, 0.15) is 26.8 Å². The Morgan fingerprint density at radius 2 is 1.94 bits per heavy atom. The number of carbonyl (C=O) groups excluding carboxylic acids is 1. The lowest BCUT2D eigenvalue weighted by Crippen LogP contribution is -2.48. The van der Waals surface area contributed by atoms with Gasteiger partial charge >= 0.3 is 0 Å². The third-order valence-electron chi connectivity index (χ3n) is 5.59. The molecular weight excluding hydrogens is 422 g/mol. The molecule has 0 atom stereocenters. The topological polar surface area (TPSA) is 63.0 Å². The van der Waals surface area contributed by atoms with Crippen LogP contribution < -0.4 is 4.74 Å². The molecule has 4 heterocycles. The van der Waals surface area contributed by atoms with Gasteiger partial charge in [-0.1, -0.05) is 12.1 Å². The largest absolute Gasteiger partial charge is 0.487 e. The number of pyridine rings is 1. The zero-order valence-corrected chi connectivity index (χ0v) is 18.8. The number of benzene rings is 1. The van der Waals surface area contributed by atoms with E-state index in [2.05, 4.69) is 21.1 Å². The number of piperazine rings is 1. The lowest BCUT2D eigenvalue weighted by atomic mass is 10.1. The quantitative estimate of drug-likeness (QED) is 0.452. The fraction of sp³-hybridized carbons (Fsp3) is 0.292. The number of imidazole rings is 1. The molecule has 0 spiro atoms. The van der Waals surface area contributed by atoms with Crippen molar-refractivity contribution in [1.82, 2.24) is 24.2 Å².